The van der Waals surface area contributed by atoms with Crippen molar-refractivity contribution < 1.29 is 9.53 Å². The van der Waals surface area contributed by atoms with Gasteiger partial charge in [0.15, 0.2) is 0 Å². The van der Waals surface area contributed by atoms with E-state index in [1.54, 1.807) is 12.3 Å². The summed E-state index contributed by atoms with van der Waals surface area (Å²) in [6, 6.07) is 15.1. The SMILES string of the molecule is Cc1ccc(NC(=O)c2cccc(N3CCOCC3)c2)cc1Nc1ccnc(Cl)n1. The molecule has 2 aromatic carbocycles. The van der Waals surface area contributed by atoms with Gasteiger partial charge in [-0.25, -0.2) is 9.97 Å². The molecule has 1 aromatic heterocycles. The van der Waals surface area contributed by atoms with Crippen molar-refractivity contribution >= 4 is 40.4 Å². The number of aromatic nitrogens is 2. The van der Waals surface area contributed by atoms with Crippen molar-refractivity contribution in [3.05, 3.63) is 71.1 Å². The number of anilines is 4. The second kappa shape index (κ2) is 9.11. The average Bonchev–Trinajstić information content (AvgIpc) is 2.77. The van der Waals surface area contributed by atoms with E-state index in [-0.39, 0.29) is 11.2 Å². The zero-order valence-electron chi connectivity index (χ0n) is 16.6. The molecule has 0 atom stereocenters. The molecule has 0 unspecified atom stereocenters. The van der Waals surface area contributed by atoms with Gasteiger partial charge in [0, 0.05) is 41.9 Å². The molecule has 154 valence electrons. The molecule has 1 aliphatic rings. The lowest BCUT2D eigenvalue weighted by molar-refractivity contribution is 0.102. The van der Waals surface area contributed by atoms with Crippen LogP contribution in [0.3, 0.4) is 0 Å². The van der Waals surface area contributed by atoms with Crippen LogP contribution in [0, 0.1) is 6.92 Å². The highest BCUT2D eigenvalue weighted by molar-refractivity contribution is 6.28. The zero-order chi connectivity index (χ0) is 20.9. The number of amides is 1. The van der Waals surface area contributed by atoms with Crippen molar-refractivity contribution in [3.63, 3.8) is 0 Å². The summed E-state index contributed by atoms with van der Waals surface area (Å²) in [6.45, 7) is 5.03. The highest BCUT2D eigenvalue weighted by atomic mass is 35.5. The Balaban J connectivity index is 1.49. The van der Waals surface area contributed by atoms with Gasteiger partial charge >= 0.3 is 0 Å². The van der Waals surface area contributed by atoms with Crippen LogP contribution in [-0.2, 0) is 4.74 Å². The Labute approximate surface area is 180 Å². The van der Waals surface area contributed by atoms with E-state index in [1.807, 2.05) is 49.4 Å². The molecular formula is C22H22ClN5O2. The lowest BCUT2D eigenvalue weighted by Crippen LogP contribution is -2.36. The molecule has 1 aliphatic heterocycles. The normalized spacial score (nSPS) is 13.7. The van der Waals surface area contributed by atoms with Crippen molar-refractivity contribution in [3.8, 4) is 0 Å². The quantitative estimate of drug-likeness (QED) is 0.596. The van der Waals surface area contributed by atoms with Gasteiger partial charge in [-0.05, 0) is 60.5 Å². The largest absolute Gasteiger partial charge is 0.378 e. The molecule has 4 rings (SSSR count). The van der Waals surface area contributed by atoms with E-state index in [1.165, 1.54) is 0 Å². The number of halogens is 1. The number of nitrogens with one attached hydrogen (secondary N) is 2. The first-order chi connectivity index (χ1) is 14.6. The molecule has 1 fully saturated rings. The lowest BCUT2D eigenvalue weighted by Gasteiger charge is -2.29. The summed E-state index contributed by atoms with van der Waals surface area (Å²) in [4.78, 5) is 23.1. The summed E-state index contributed by atoms with van der Waals surface area (Å²) >= 11 is 5.86. The number of ether oxygens (including phenoxy) is 1. The van der Waals surface area contributed by atoms with Gasteiger partial charge in [-0.1, -0.05) is 12.1 Å². The van der Waals surface area contributed by atoms with Crippen LogP contribution in [-0.4, -0.2) is 42.2 Å². The van der Waals surface area contributed by atoms with Crippen molar-refractivity contribution in [1.29, 1.82) is 0 Å². The number of aryl methyl sites for hydroxylation is 1. The molecule has 0 bridgehead atoms. The summed E-state index contributed by atoms with van der Waals surface area (Å²) < 4.78 is 5.41. The Kier molecular flexibility index (Phi) is 6.11. The first-order valence-electron chi connectivity index (χ1n) is 9.69. The number of hydrogen-bond acceptors (Lipinski definition) is 6. The Morgan fingerprint density at radius 2 is 1.97 bits per heavy atom. The fourth-order valence-corrected chi connectivity index (χ4v) is 3.39. The van der Waals surface area contributed by atoms with Gasteiger partial charge in [0.05, 0.1) is 13.2 Å². The van der Waals surface area contributed by atoms with Crippen molar-refractivity contribution in [1.82, 2.24) is 9.97 Å². The molecule has 30 heavy (non-hydrogen) atoms. The number of nitrogens with zero attached hydrogens (tertiary/aromatic N) is 3. The number of morpholine rings is 1. The van der Waals surface area contributed by atoms with Crippen molar-refractivity contribution in [2.75, 3.05) is 41.8 Å². The monoisotopic (exact) mass is 423 g/mol. The fraction of sp³-hybridized carbons (Fsp3) is 0.227. The van der Waals surface area contributed by atoms with E-state index in [9.17, 15) is 4.79 Å². The Hall–Kier alpha value is -3.16. The van der Waals surface area contributed by atoms with Gasteiger partial charge in [-0.2, -0.15) is 0 Å². The Morgan fingerprint density at radius 3 is 2.77 bits per heavy atom. The van der Waals surface area contributed by atoms with E-state index in [0.717, 1.165) is 30.0 Å². The molecule has 2 N–H and O–H groups in total. The van der Waals surface area contributed by atoms with Gasteiger partial charge in [0.25, 0.3) is 5.91 Å². The molecule has 0 saturated carbocycles. The van der Waals surface area contributed by atoms with Crippen LogP contribution in [0.1, 0.15) is 15.9 Å². The zero-order valence-corrected chi connectivity index (χ0v) is 17.3. The van der Waals surface area contributed by atoms with Crippen molar-refractivity contribution in [2.45, 2.75) is 6.92 Å². The molecule has 2 heterocycles. The molecule has 7 nitrogen and oxygen atoms in total. The molecule has 1 saturated heterocycles. The van der Waals surface area contributed by atoms with Crippen LogP contribution in [0.25, 0.3) is 0 Å². The third-order valence-corrected chi connectivity index (χ3v) is 5.05. The minimum absolute atomic E-state index is 0.162. The van der Waals surface area contributed by atoms with Crippen LogP contribution in [0.2, 0.25) is 5.28 Å². The maximum absolute atomic E-state index is 12.8. The summed E-state index contributed by atoms with van der Waals surface area (Å²) in [5, 5.41) is 6.35. The minimum atomic E-state index is -0.162. The first kappa shape index (κ1) is 20.1. The van der Waals surface area contributed by atoms with Crippen LogP contribution in [0.4, 0.5) is 22.9 Å². The predicted octanol–water partition coefficient (Wildman–Crippen LogP) is 4.27. The van der Waals surface area contributed by atoms with E-state index in [4.69, 9.17) is 16.3 Å². The molecule has 1 amide bonds. The van der Waals surface area contributed by atoms with Crippen LogP contribution >= 0.6 is 11.6 Å². The smallest absolute Gasteiger partial charge is 0.255 e. The maximum atomic E-state index is 12.8. The van der Waals surface area contributed by atoms with E-state index < -0.39 is 0 Å². The predicted molar refractivity (Wildman–Crippen MR) is 119 cm³/mol. The van der Waals surface area contributed by atoms with Crippen LogP contribution in [0.15, 0.2) is 54.7 Å². The highest BCUT2D eigenvalue weighted by Gasteiger charge is 2.14. The highest BCUT2D eigenvalue weighted by Crippen LogP contribution is 2.25. The topological polar surface area (TPSA) is 79.4 Å². The number of carbonyl (C=O) groups excluding carboxylic acids is 1. The Bertz CT molecular complexity index is 1050. The van der Waals surface area contributed by atoms with E-state index >= 15 is 0 Å². The van der Waals surface area contributed by atoms with Gasteiger partial charge in [-0.3, -0.25) is 4.79 Å². The molecular weight excluding hydrogens is 402 g/mol. The summed E-state index contributed by atoms with van der Waals surface area (Å²) in [7, 11) is 0. The summed E-state index contributed by atoms with van der Waals surface area (Å²) in [5.74, 6) is 0.421. The van der Waals surface area contributed by atoms with E-state index in [2.05, 4.69) is 25.5 Å². The fourth-order valence-electron chi connectivity index (χ4n) is 3.25. The second-order valence-electron chi connectivity index (χ2n) is 6.97. The maximum Gasteiger partial charge on any atom is 0.255 e. The number of benzene rings is 2. The summed E-state index contributed by atoms with van der Waals surface area (Å²) in [5.41, 5.74) is 4.15. The Morgan fingerprint density at radius 1 is 1.13 bits per heavy atom. The van der Waals surface area contributed by atoms with Gasteiger partial charge in [0.2, 0.25) is 5.28 Å². The standard InChI is InChI=1S/C22H22ClN5O2/c1-15-5-6-17(14-19(15)26-20-7-8-24-22(23)27-20)25-21(29)16-3-2-4-18(13-16)28-9-11-30-12-10-28/h2-8,13-14H,9-12H2,1H3,(H,25,29)(H,24,26,27). The molecule has 0 aliphatic carbocycles. The third-order valence-electron chi connectivity index (χ3n) is 4.87. The van der Waals surface area contributed by atoms with Crippen LogP contribution < -0.4 is 15.5 Å². The minimum Gasteiger partial charge on any atom is -0.378 e. The second-order valence-corrected chi connectivity index (χ2v) is 7.31. The van der Waals surface area contributed by atoms with Gasteiger partial charge in [-0.15, -0.1) is 0 Å². The number of rotatable bonds is 5. The number of hydrogen-bond donors (Lipinski definition) is 2. The van der Waals surface area contributed by atoms with Crippen molar-refractivity contribution in [2.24, 2.45) is 0 Å². The molecule has 8 heteroatoms. The first-order valence-corrected chi connectivity index (χ1v) is 10.1. The van der Waals surface area contributed by atoms with Crippen LogP contribution in [0.5, 0.6) is 0 Å². The van der Waals surface area contributed by atoms with E-state index in [0.29, 0.717) is 30.3 Å². The molecule has 0 spiro atoms. The molecule has 0 radical (unpaired) electrons. The number of carbonyl (C=O) groups is 1. The molecule has 3 aromatic rings. The average molecular weight is 424 g/mol. The summed E-state index contributed by atoms with van der Waals surface area (Å²) in [6.07, 6.45) is 1.58. The van der Waals surface area contributed by atoms with Gasteiger partial charge in [0.1, 0.15) is 5.82 Å². The third kappa shape index (κ3) is 4.87. The lowest BCUT2D eigenvalue weighted by atomic mass is 10.1. The van der Waals surface area contributed by atoms with Gasteiger partial charge < -0.3 is 20.3 Å².